The lowest BCUT2D eigenvalue weighted by Crippen LogP contribution is -2.18. The van der Waals surface area contributed by atoms with E-state index in [0.29, 0.717) is 6.42 Å². The summed E-state index contributed by atoms with van der Waals surface area (Å²) in [6.45, 7) is 0. The maximum absolute atomic E-state index is 10.8. The molecule has 9 heavy (non-hydrogen) atoms. The van der Waals surface area contributed by atoms with Gasteiger partial charge in [-0.3, -0.25) is 4.79 Å². The number of nitrogens with zero attached hydrogens (tertiary/aromatic N) is 1. The first-order valence-corrected chi connectivity index (χ1v) is 2.89. The van der Waals surface area contributed by atoms with E-state index in [2.05, 4.69) is 0 Å². The Morgan fingerprint density at radius 1 is 1.56 bits per heavy atom. The minimum absolute atomic E-state index is 0.139. The molecule has 0 saturated carbocycles. The monoisotopic (exact) mass is 123 g/mol. The van der Waals surface area contributed by atoms with Crippen molar-refractivity contribution in [2.75, 3.05) is 7.05 Å². The number of rotatable bonds is 0. The lowest BCUT2D eigenvalue weighted by Gasteiger charge is -2.07. The number of hydrogen-bond acceptors (Lipinski definition) is 1. The van der Waals surface area contributed by atoms with Crippen molar-refractivity contribution in [3.05, 3.63) is 24.4 Å². The average molecular weight is 123 g/mol. The molecule has 0 aromatic rings. The number of carbonyl (C=O) groups excluding carboxylic acids is 1. The van der Waals surface area contributed by atoms with Gasteiger partial charge < -0.3 is 4.90 Å². The van der Waals surface area contributed by atoms with Gasteiger partial charge in [0.25, 0.3) is 0 Å². The maximum atomic E-state index is 10.8. The SMILES string of the molecule is CN1C=CC=CCC1=O. The Kier molecular flexibility index (Phi) is 1.68. The molecule has 0 unspecified atom stereocenters. The van der Waals surface area contributed by atoms with E-state index in [1.165, 1.54) is 0 Å². The predicted octanol–water partition coefficient (Wildman–Crippen LogP) is 0.918. The first-order chi connectivity index (χ1) is 4.30. The first-order valence-electron chi connectivity index (χ1n) is 2.89. The van der Waals surface area contributed by atoms with E-state index < -0.39 is 0 Å². The van der Waals surface area contributed by atoms with Crippen LogP contribution in [0.5, 0.6) is 0 Å². The summed E-state index contributed by atoms with van der Waals surface area (Å²) in [5.41, 5.74) is 0. The van der Waals surface area contributed by atoms with E-state index in [9.17, 15) is 4.79 Å². The van der Waals surface area contributed by atoms with E-state index in [1.807, 2.05) is 18.2 Å². The maximum Gasteiger partial charge on any atom is 0.230 e. The number of carbonyl (C=O) groups is 1. The molecule has 0 aliphatic carbocycles. The van der Waals surface area contributed by atoms with Crippen molar-refractivity contribution in [1.29, 1.82) is 0 Å². The van der Waals surface area contributed by atoms with Crippen LogP contribution in [0.4, 0.5) is 0 Å². The topological polar surface area (TPSA) is 20.3 Å². The molecule has 1 aliphatic rings. The van der Waals surface area contributed by atoms with E-state index in [4.69, 9.17) is 0 Å². The number of hydrogen-bond donors (Lipinski definition) is 0. The third-order valence-corrected chi connectivity index (χ3v) is 1.24. The Hall–Kier alpha value is -1.05. The minimum atomic E-state index is 0.139. The van der Waals surface area contributed by atoms with Crippen LogP contribution in [0.2, 0.25) is 0 Å². The summed E-state index contributed by atoms with van der Waals surface area (Å²) in [7, 11) is 1.76. The molecule has 48 valence electrons. The highest BCUT2D eigenvalue weighted by atomic mass is 16.2. The Morgan fingerprint density at radius 2 is 2.33 bits per heavy atom. The fraction of sp³-hybridized carbons (Fsp3) is 0.286. The standard InChI is InChI=1S/C7H9NO/c1-8-6-4-2-3-5-7(8)9/h2-4,6H,5H2,1H3. The van der Waals surface area contributed by atoms with E-state index in [0.717, 1.165) is 0 Å². The van der Waals surface area contributed by atoms with Crippen LogP contribution in [0.25, 0.3) is 0 Å². The summed E-state index contributed by atoms with van der Waals surface area (Å²) >= 11 is 0. The molecule has 0 saturated heterocycles. The van der Waals surface area contributed by atoms with Gasteiger partial charge in [0.05, 0.1) is 0 Å². The molecule has 0 radical (unpaired) electrons. The highest BCUT2D eigenvalue weighted by Gasteiger charge is 2.02. The second kappa shape index (κ2) is 2.49. The van der Waals surface area contributed by atoms with Gasteiger partial charge in [-0.1, -0.05) is 12.2 Å². The summed E-state index contributed by atoms with van der Waals surface area (Å²) < 4.78 is 0. The molecule has 0 bridgehead atoms. The lowest BCUT2D eigenvalue weighted by molar-refractivity contribution is -0.126. The zero-order valence-electron chi connectivity index (χ0n) is 5.37. The molecule has 0 fully saturated rings. The van der Waals surface area contributed by atoms with Crippen LogP contribution in [-0.4, -0.2) is 17.9 Å². The third kappa shape index (κ3) is 1.42. The van der Waals surface area contributed by atoms with Crippen molar-refractivity contribution < 1.29 is 4.79 Å². The smallest absolute Gasteiger partial charge is 0.230 e. The first kappa shape index (κ1) is 6.08. The van der Waals surface area contributed by atoms with E-state index in [-0.39, 0.29) is 5.91 Å². The van der Waals surface area contributed by atoms with Gasteiger partial charge in [-0.25, -0.2) is 0 Å². The van der Waals surface area contributed by atoms with Crippen LogP contribution >= 0.6 is 0 Å². The van der Waals surface area contributed by atoms with Gasteiger partial charge in [0, 0.05) is 19.7 Å². The molecule has 2 nitrogen and oxygen atoms in total. The predicted molar refractivity (Wildman–Crippen MR) is 35.7 cm³/mol. The van der Waals surface area contributed by atoms with Gasteiger partial charge in [-0.05, 0) is 6.08 Å². The van der Waals surface area contributed by atoms with Crippen LogP contribution in [0.1, 0.15) is 6.42 Å². The fourth-order valence-electron chi connectivity index (χ4n) is 0.653. The summed E-state index contributed by atoms with van der Waals surface area (Å²) in [5, 5.41) is 0. The van der Waals surface area contributed by atoms with Gasteiger partial charge in [0.15, 0.2) is 0 Å². The van der Waals surface area contributed by atoms with E-state index in [1.54, 1.807) is 18.1 Å². The summed E-state index contributed by atoms with van der Waals surface area (Å²) in [4.78, 5) is 12.4. The Balaban J connectivity index is 2.69. The van der Waals surface area contributed by atoms with Crippen molar-refractivity contribution in [3.63, 3.8) is 0 Å². The van der Waals surface area contributed by atoms with Gasteiger partial charge in [-0.15, -0.1) is 0 Å². The van der Waals surface area contributed by atoms with Crippen molar-refractivity contribution in [3.8, 4) is 0 Å². The molecule has 0 N–H and O–H groups in total. The zero-order chi connectivity index (χ0) is 6.69. The fourth-order valence-corrected chi connectivity index (χ4v) is 0.653. The molecule has 1 heterocycles. The molecule has 0 aromatic carbocycles. The summed E-state index contributed by atoms with van der Waals surface area (Å²) in [6, 6.07) is 0. The molecule has 0 spiro atoms. The Labute approximate surface area is 54.5 Å². The molecule has 0 atom stereocenters. The zero-order valence-corrected chi connectivity index (χ0v) is 5.37. The van der Waals surface area contributed by atoms with Crippen LogP contribution in [0.3, 0.4) is 0 Å². The molecular weight excluding hydrogens is 114 g/mol. The molecule has 0 aromatic heterocycles. The summed E-state index contributed by atoms with van der Waals surface area (Å²) in [5.74, 6) is 0.139. The highest BCUT2D eigenvalue weighted by molar-refractivity contribution is 5.78. The molecule has 2 heteroatoms. The lowest BCUT2D eigenvalue weighted by atomic mass is 10.4. The number of amides is 1. The van der Waals surface area contributed by atoms with Crippen LogP contribution < -0.4 is 0 Å². The van der Waals surface area contributed by atoms with Crippen molar-refractivity contribution in [2.45, 2.75) is 6.42 Å². The summed E-state index contributed by atoms with van der Waals surface area (Å²) in [6.07, 6.45) is 7.85. The second-order valence-corrected chi connectivity index (χ2v) is 1.98. The normalized spacial score (nSPS) is 18.3. The largest absolute Gasteiger partial charge is 0.322 e. The van der Waals surface area contributed by atoms with Crippen LogP contribution in [0.15, 0.2) is 24.4 Å². The van der Waals surface area contributed by atoms with Crippen LogP contribution in [0, 0.1) is 0 Å². The average Bonchev–Trinajstić information content (AvgIpc) is 1.99. The van der Waals surface area contributed by atoms with Gasteiger partial charge >= 0.3 is 0 Å². The Bertz CT molecular complexity index is 170. The van der Waals surface area contributed by atoms with Crippen molar-refractivity contribution >= 4 is 5.91 Å². The van der Waals surface area contributed by atoms with Gasteiger partial charge in [0.2, 0.25) is 5.91 Å². The highest BCUT2D eigenvalue weighted by Crippen LogP contribution is 1.97. The number of allylic oxidation sites excluding steroid dienone is 2. The molecule has 1 aliphatic heterocycles. The molecule has 1 amide bonds. The van der Waals surface area contributed by atoms with Crippen molar-refractivity contribution in [1.82, 2.24) is 4.90 Å². The second-order valence-electron chi connectivity index (χ2n) is 1.98. The van der Waals surface area contributed by atoms with Crippen molar-refractivity contribution in [2.24, 2.45) is 0 Å². The Morgan fingerprint density at radius 3 is 3.11 bits per heavy atom. The minimum Gasteiger partial charge on any atom is -0.322 e. The van der Waals surface area contributed by atoms with Gasteiger partial charge in [-0.2, -0.15) is 0 Å². The molecule has 1 rings (SSSR count). The van der Waals surface area contributed by atoms with Gasteiger partial charge in [0.1, 0.15) is 0 Å². The molecular formula is C7H9NO. The van der Waals surface area contributed by atoms with Crippen LogP contribution in [-0.2, 0) is 4.79 Å². The third-order valence-electron chi connectivity index (χ3n) is 1.24. The van der Waals surface area contributed by atoms with E-state index >= 15 is 0 Å². The quantitative estimate of drug-likeness (QED) is 0.469.